The molecule has 142 valence electrons. The number of hydrogen-bond donors (Lipinski definition) is 2. The molecule has 7 nitrogen and oxygen atoms in total. The van der Waals surface area contributed by atoms with Crippen LogP contribution in [0.5, 0.6) is 0 Å². The van der Waals surface area contributed by atoms with Gasteiger partial charge in [-0.15, -0.1) is 0 Å². The van der Waals surface area contributed by atoms with Crippen molar-refractivity contribution < 1.29 is 14.7 Å². The number of likely N-dealkylation sites (tertiary alicyclic amines) is 2. The van der Waals surface area contributed by atoms with Crippen LogP contribution in [0, 0.1) is 5.41 Å². The SMILES string of the molecule is C[C@@H](O)[C@H](N)C(=O)N1CCC2(CCC(=O)N(Cc3ccccn3)C2)CC1. The van der Waals surface area contributed by atoms with E-state index in [9.17, 15) is 14.7 Å². The molecule has 0 bridgehead atoms. The predicted octanol–water partition coefficient (Wildman–Crippen LogP) is 0.521. The van der Waals surface area contributed by atoms with Crippen LogP contribution in [0.15, 0.2) is 24.4 Å². The van der Waals surface area contributed by atoms with Crippen LogP contribution < -0.4 is 5.73 Å². The van der Waals surface area contributed by atoms with Crippen LogP contribution >= 0.6 is 0 Å². The highest BCUT2D eigenvalue weighted by Gasteiger charge is 2.42. The first kappa shape index (κ1) is 18.8. The van der Waals surface area contributed by atoms with Gasteiger partial charge in [-0.2, -0.15) is 0 Å². The van der Waals surface area contributed by atoms with Gasteiger partial charge in [0.05, 0.1) is 18.3 Å². The highest BCUT2D eigenvalue weighted by atomic mass is 16.3. The standard InChI is InChI=1S/C19H28N4O3/c1-14(24)17(20)18(26)22-10-7-19(8-11-22)6-5-16(25)23(13-19)12-15-4-2-3-9-21-15/h2-4,9,14,17,24H,5-8,10-13,20H2,1H3/t14-,17+/m1/s1. The lowest BCUT2D eigenvalue weighted by Gasteiger charge is -2.47. The van der Waals surface area contributed by atoms with Crippen molar-refractivity contribution in [1.29, 1.82) is 0 Å². The van der Waals surface area contributed by atoms with E-state index in [1.54, 1.807) is 11.1 Å². The topological polar surface area (TPSA) is 99.8 Å². The van der Waals surface area contributed by atoms with Crippen LogP contribution in [0.3, 0.4) is 0 Å². The van der Waals surface area contributed by atoms with Gasteiger partial charge in [0, 0.05) is 32.3 Å². The van der Waals surface area contributed by atoms with Gasteiger partial charge in [0.2, 0.25) is 11.8 Å². The van der Waals surface area contributed by atoms with Crippen LogP contribution in [-0.2, 0) is 16.1 Å². The van der Waals surface area contributed by atoms with Crippen molar-refractivity contribution >= 4 is 11.8 Å². The van der Waals surface area contributed by atoms with E-state index in [1.807, 2.05) is 23.1 Å². The Bertz CT molecular complexity index is 641. The molecule has 2 atom stereocenters. The van der Waals surface area contributed by atoms with E-state index in [-0.39, 0.29) is 17.2 Å². The molecule has 0 unspecified atom stereocenters. The minimum Gasteiger partial charge on any atom is -0.391 e. The number of amides is 2. The van der Waals surface area contributed by atoms with Crippen LogP contribution in [0.2, 0.25) is 0 Å². The molecule has 2 aliphatic heterocycles. The Morgan fingerprint density at radius 1 is 1.35 bits per heavy atom. The van der Waals surface area contributed by atoms with Gasteiger partial charge in [-0.25, -0.2) is 0 Å². The number of pyridine rings is 1. The second kappa shape index (κ2) is 7.72. The Morgan fingerprint density at radius 3 is 2.69 bits per heavy atom. The van der Waals surface area contributed by atoms with Crippen LogP contribution in [-0.4, -0.2) is 63.5 Å². The summed E-state index contributed by atoms with van der Waals surface area (Å²) in [5, 5.41) is 9.55. The largest absolute Gasteiger partial charge is 0.391 e. The molecule has 0 aromatic carbocycles. The maximum atomic E-state index is 12.4. The normalized spacial score (nSPS) is 22.3. The average Bonchev–Trinajstić information content (AvgIpc) is 2.65. The van der Waals surface area contributed by atoms with E-state index in [1.165, 1.54) is 6.92 Å². The lowest BCUT2D eigenvalue weighted by molar-refractivity contribution is -0.144. The third kappa shape index (κ3) is 4.04. The Kier molecular flexibility index (Phi) is 5.58. The minimum atomic E-state index is -0.863. The molecule has 2 saturated heterocycles. The maximum absolute atomic E-state index is 12.4. The molecule has 1 aromatic rings. The number of aliphatic hydroxyl groups excluding tert-OH is 1. The number of aromatic nitrogens is 1. The van der Waals surface area contributed by atoms with E-state index in [4.69, 9.17) is 5.73 Å². The number of carbonyl (C=O) groups excluding carboxylic acids is 2. The van der Waals surface area contributed by atoms with Gasteiger partial charge in [0.25, 0.3) is 0 Å². The molecule has 2 amide bonds. The zero-order valence-electron chi connectivity index (χ0n) is 15.3. The molecule has 7 heteroatoms. The number of rotatable bonds is 4. The quantitative estimate of drug-likeness (QED) is 0.815. The summed E-state index contributed by atoms with van der Waals surface area (Å²) < 4.78 is 0. The summed E-state index contributed by atoms with van der Waals surface area (Å²) in [6.45, 7) is 4.05. The fraction of sp³-hybridized carbons (Fsp3) is 0.632. The second-order valence-electron chi connectivity index (χ2n) is 7.66. The van der Waals surface area contributed by atoms with Crippen molar-refractivity contribution in [2.24, 2.45) is 11.1 Å². The lowest BCUT2D eigenvalue weighted by atomic mass is 9.72. The van der Waals surface area contributed by atoms with Crippen molar-refractivity contribution in [3.05, 3.63) is 30.1 Å². The van der Waals surface area contributed by atoms with Crippen LogP contribution in [0.4, 0.5) is 0 Å². The lowest BCUT2D eigenvalue weighted by Crippen LogP contribution is -2.55. The van der Waals surface area contributed by atoms with E-state index in [0.29, 0.717) is 32.6 Å². The van der Waals surface area contributed by atoms with Crippen LogP contribution in [0.1, 0.15) is 38.3 Å². The van der Waals surface area contributed by atoms with Gasteiger partial charge in [-0.3, -0.25) is 14.6 Å². The number of nitrogens with two attached hydrogens (primary N) is 1. The number of hydrogen-bond acceptors (Lipinski definition) is 5. The minimum absolute atomic E-state index is 0.0639. The van der Waals surface area contributed by atoms with Crippen molar-refractivity contribution in [3.63, 3.8) is 0 Å². The van der Waals surface area contributed by atoms with E-state index >= 15 is 0 Å². The van der Waals surface area contributed by atoms with Gasteiger partial charge in [-0.05, 0) is 43.7 Å². The number of carbonyl (C=O) groups is 2. The van der Waals surface area contributed by atoms with Crippen LogP contribution in [0.25, 0.3) is 0 Å². The second-order valence-corrected chi connectivity index (χ2v) is 7.66. The van der Waals surface area contributed by atoms with E-state index in [2.05, 4.69) is 4.98 Å². The Hall–Kier alpha value is -1.99. The summed E-state index contributed by atoms with van der Waals surface area (Å²) in [6, 6.07) is 4.88. The number of piperidine rings is 2. The zero-order chi connectivity index (χ0) is 18.7. The first-order chi connectivity index (χ1) is 12.4. The van der Waals surface area contributed by atoms with Crippen molar-refractivity contribution in [1.82, 2.24) is 14.8 Å². The molecule has 0 saturated carbocycles. The molecule has 0 aliphatic carbocycles. The average molecular weight is 360 g/mol. The van der Waals surface area contributed by atoms with Gasteiger partial charge in [0.1, 0.15) is 6.04 Å². The zero-order valence-corrected chi connectivity index (χ0v) is 15.3. The molecule has 3 N–H and O–H groups in total. The van der Waals surface area contributed by atoms with E-state index < -0.39 is 12.1 Å². The first-order valence-corrected chi connectivity index (χ1v) is 9.30. The fourth-order valence-corrected chi connectivity index (χ4v) is 3.96. The molecule has 1 spiro atoms. The Balaban J connectivity index is 1.61. The third-order valence-corrected chi connectivity index (χ3v) is 5.77. The van der Waals surface area contributed by atoms with Gasteiger partial charge < -0.3 is 20.6 Å². The fourth-order valence-electron chi connectivity index (χ4n) is 3.96. The molecule has 3 rings (SSSR count). The monoisotopic (exact) mass is 360 g/mol. The molecule has 2 aliphatic rings. The molecule has 1 aromatic heterocycles. The van der Waals surface area contributed by atoms with Gasteiger partial charge in [0.15, 0.2) is 0 Å². The summed E-state index contributed by atoms with van der Waals surface area (Å²) in [6.07, 6.45) is 4.03. The number of nitrogens with zero attached hydrogens (tertiary/aromatic N) is 3. The van der Waals surface area contributed by atoms with Crippen molar-refractivity contribution in [2.45, 2.75) is 51.3 Å². The predicted molar refractivity (Wildman–Crippen MR) is 96.8 cm³/mol. The Labute approximate surface area is 154 Å². The summed E-state index contributed by atoms with van der Waals surface area (Å²) >= 11 is 0. The molecule has 3 heterocycles. The molecule has 2 fully saturated rings. The first-order valence-electron chi connectivity index (χ1n) is 9.30. The Morgan fingerprint density at radius 2 is 2.08 bits per heavy atom. The van der Waals surface area contributed by atoms with E-state index in [0.717, 1.165) is 25.0 Å². The summed E-state index contributed by atoms with van der Waals surface area (Å²) in [5.74, 6) is -0.0111. The highest BCUT2D eigenvalue weighted by Crippen LogP contribution is 2.40. The summed E-state index contributed by atoms with van der Waals surface area (Å²) in [7, 11) is 0. The van der Waals surface area contributed by atoms with Gasteiger partial charge in [-0.1, -0.05) is 6.07 Å². The maximum Gasteiger partial charge on any atom is 0.242 e. The van der Waals surface area contributed by atoms with Gasteiger partial charge >= 0.3 is 0 Å². The van der Waals surface area contributed by atoms with Crippen molar-refractivity contribution in [3.8, 4) is 0 Å². The van der Waals surface area contributed by atoms with Crippen molar-refractivity contribution in [2.75, 3.05) is 19.6 Å². The highest BCUT2D eigenvalue weighted by molar-refractivity contribution is 5.82. The molecular formula is C19H28N4O3. The summed E-state index contributed by atoms with van der Waals surface area (Å²) in [5.41, 5.74) is 6.75. The number of aliphatic hydroxyl groups is 1. The summed E-state index contributed by atoms with van der Waals surface area (Å²) in [4.78, 5) is 32.7. The smallest absolute Gasteiger partial charge is 0.242 e. The third-order valence-electron chi connectivity index (χ3n) is 5.77. The molecule has 0 radical (unpaired) electrons. The molecule has 26 heavy (non-hydrogen) atoms. The molecular weight excluding hydrogens is 332 g/mol.